The van der Waals surface area contributed by atoms with Gasteiger partial charge in [-0.2, -0.15) is 0 Å². The zero-order valence-corrected chi connectivity index (χ0v) is 20.4. The number of hydrogen-bond acceptors (Lipinski definition) is 5. The third-order valence-electron chi connectivity index (χ3n) is 6.32. The highest BCUT2D eigenvalue weighted by atomic mass is 16.2. The van der Waals surface area contributed by atoms with Gasteiger partial charge in [0.1, 0.15) is 11.9 Å². The Bertz CT molecular complexity index is 1450. The number of aromatic amines is 1. The van der Waals surface area contributed by atoms with Crippen LogP contribution >= 0.6 is 0 Å². The van der Waals surface area contributed by atoms with E-state index < -0.39 is 0 Å². The molecule has 0 saturated carbocycles. The van der Waals surface area contributed by atoms with Crippen LogP contribution in [-0.4, -0.2) is 52.8 Å². The first-order chi connectivity index (χ1) is 17.5. The molecular weight excluding hydrogens is 452 g/mol. The van der Waals surface area contributed by atoms with Crippen LogP contribution in [0.4, 0.5) is 10.5 Å². The van der Waals surface area contributed by atoms with Gasteiger partial charge < -0.3 is 20.2 Å². The van der Waals surface area contributed by atoms with Crippen molar-refractivity contribution in [2.75, 3.05) is 26.0 Å². The summed E-state index contributed by atoms with van der Waals surface area (Å²) in [5.74, 6) is 0. The molecule has 8 heteroatoms. The minimum Gasteiger partial charge on any atom is -0.339 e. The van der Waals surface area contributed by atoms with Gasteiger partial charge in [-0.3, -0.25) is 4.79 Å². The first-order valence-corrected chi connectivity index (χ1v) is 11.8. The fourth-order valence-corrected chi connectivity index (χ4v) is 4.38. The molecule has 0 bridgehead atoms. The van der Waals surface area contributed by atoms with E-state index in [0.29, 0.717) is 5.56 Å². The van der Waals surface area contributed by atoms with Gasteiger partial charge in [-0.1, -0.05) is 30.3 Å². The van der Waals surface area contributed by atoms with Crippen molar-refractivity contribution in [1.82, 2.24) is 25.3 Å². The van der Waals surface area contributed by atoms with Crippen LogP contribution in [0.2, 0.25) is 0 Å². The van der Waals surface area contributed by atoms with Crippen LogP contribution in [0.1, 0.15) is 34.5 Å². The van der Waals surface area contributed by atoms with Crippen LogP contribution in [0, 0.1) is 0 Å². The van der Waals surface area contributed by atoms with E-state index in [1.165, 1.54) is 4.90 Å². The number of pyridine rings is 1. The Balaban J connectivity index is 1.51. The summed E-state index contributed by atoms with van der Waals surface area (Å²) in [4.78, 5) is 32.7. The highest BCUT2D eigenvalue weighted by Gasteiger charge is 2.27. The minimum atomic E-state index is -0.166. The van der Waals surface area contributed by atoms with Crippen molar-refractivity contribution in [2.24, 2.45) is 0 Å². The summed E-state index contributed by atoms with van der Waals surface area (Å²) in [6.07, 6.45) is 4.80. The lowest BCUT2D eigenvalue weighted by molar-refractivity contribution is 0.112. The van der Waals surface area contributed by atoms with Crippen molar-refractivity contribution in [1.29, 1.82) is 0 Å². The molecule has 0 radical (unpaired) electrons. The van der Waals surface area contributed by atoms with E-state index in [-0.39, 0.29) is 12.1 Å². The summed E-state index contributed by atoms with van der Waals surface area (Å²) in [6, 6.07) is 19.3. The van der Waals surface area contributed by atoms with Crippen LogP contribution < -0.4 is 10.7 Å². The minimum absolute atomic E-state index is 0.0640. The lowest BCUT2D eigenvalue weighted by Gasteiger charge is -2.20. The summed E-state index contributed by atoms with van der Waals surface area (Å²) in [5.41, 5.74) is 10.9. The molecule has 1 atom stereocenters. The molecule has 0 fully saturated rings. The molecule has 3 heterocycles. The third-order valence-corrected chi connectivity index (χ3v) is 6.32. The first-order valence-electron chi connectivity index (χ1n) is 11.8. The average Bonchev–Trinajstić information content (AvgIpc) is 3.54. The first kappa shape index (κ1) is 23.3. The lowest BCUT2D eigenvalue weighted by Crippen LogP contribution is -2.31. The number of urea groups is 1. The Morgan fingerprint density at radius 1 is 1.14 bits per heavy atom. The maximum atomic E-state index is 12.0. The Kier molecular flexibility index (Phi) is 6.26. The van der Waals surface area contributed by atoms with E-state index in [2.05, 4.69) is 44.9 Å². The highest BCUT2D eigenvalue weighted by molar-refractivity contribution is 5.95. The Hall–Kier alpha value is -4.43. The second kappa shape index (κ2) is 9.67. The molecule has 36 heavy (non-hydrogen) atoms. The van der Waals surface area contributed by atoms with Gasteiger partial charge in [0.2, 0.25) is 0 Å². The van der Waals surface area contributed by atoms with Crippen molar-refractivity contribution in [3.63, 3.8) is 0 Å². The molecule has 8 nitrogen and oxygen atoms in total. The molecule has 1 unspecified atom stereocenters. The van der Waals surface area contributed by atoms with Crippen LogP contribution in [0.3, 0.4) is 0 Å². The number of rotatable bonds is 6. The lowest BCUT2D eigenvalue weighted by atomic mass is 9.93. The number of aromatic nitrogens is 2. The van der Waals surface area contributed by atoms with Gasteiger partial charge in [0.05, 0.1) is 6.04 Å². The summed E-state index contributed by atoms with van der Waals surface area (Å²) >= 11 is 0. The van der Waals surface area contributed by atoms with Crippen LogP contribution in [0.25, 0.3) is 27.9 Å². The molecule has 5 rings (SSSR count). The molecule has 1 aliphatic rings. The smallest absolute Gasteiger partial charge is 0.321 e. The third kappa shape index (κ3) is 4.46. The van der Waals surface area contributed by atoms with Gasteiger partial charge in [-0.25, -0.2) is 15.2 Å². The van der Waals surface area contributed by atoms with Gasteiger partial charge in [-0.15, -0.1) is 0 Å². The monoisotopic (exact) mass is 480 g/mol. The number of carbonyl (C=O) groups excluding carboxylic acids is 2. The maximum absolute atomic E-state index is 12.0. The second-order valence-corrected chi connectivity index (χ2v) is 8.93. The predicted molar refractivity (Wildman–Crippen MR) is 142 cm³/mol. The number of carbonyl (C=O) groups is 2. The number of hydrazine groups is 1. The number of H-pyrrole nitrogens is 1. The molecular formula is C28H28N6O2. The van der Waals surface area contributed by atoms with Crippen LogP contribution in [-0.2, 0) is 0 Å². The van der Waals surface area contributed by atoms with Gasteiger partial charge in [0, 0.05) is 60.9 Å². The largest absolute Gasteiger partial charge is 0.339 e. The van der Waals surface area contributed by atoms with E-state index in [9.17, 15) is 9.59 Å². The topological polar surface area (TPSA) is 93.4 Å². The summed E-state index contributed by atoms with van der Waals surface area (Å²) in [7, 11) is 3.42. The van der Waals surface area contributed by atoms with Gasteiger partial charge >= 0.3 is 6.03 Å². The van der Waals surface area contributed by atoms with Crippen molar-refractivity contribution in [3.05, 3.63) is 89.8 Å². The normalized spacial score (nSPS) is 15.1. The molecule has 0 aliphatic carbocycles. The quantitative estimate of drug-likeness (QED) is 0.336. The highest BCUT2D eigenvalue weighted by Crippen LogP contribution is 2.39. The van der Waals surface area contributed by atoms with Crippen molar-refractivity contribution in [2.45, 2.75) is 13.0 Å². The van der Waals surface area contributed by atoms with Crippen LogP contribution in [0.15, 0.2) is 73.1 Å². The average molecular weight is 481 g/mol. The standard InChI is InChI=1S/C28H28N6O2/c1-4-34-16-24(26(32-34)19-8-10-21(11-9-19)30-28(36)33(2)3)22-12-13-29-27-23(22)15-25(31-27)20-7-5-6-18(14-20)17-35/h5-17,26,32H,4H2,1-3H3,(H,29,31)(H,30,36). The molecule has 3 N–H and O–H groups in total. The molecule has 0 spiro atoms. The number of benzene rings is 2. The Morgan fingerprint density at radius 3 is 2.67 bits per heavy atom. The fraction of sp³-hybridized carbons (Fsp3) is 0.179. The predicted octanol–water partition coefficient (Wildman–Crippen LogP) is 5.06. The van der Waals surface area contributed by atoms with Gasteiger partial charge in [0.15, 0.2) is 0 Å². The van der Waals surface area contributed by atoms with Crippen LogP contribution in [0.5, 0.6) is 0 Å². The Morgan fingerprint density at radius 2 is 1.94 bits per heavy atom. The van der Waals surface area contributed by atoms with E-state index in [1.54, 1.807) is 20.2 Å². The molecule has 4 aromatic rings. The van der Waals surface area contributed by atoms with E-state index >= 15 is 0 Å². The molecule has 2 aromatic heterocycles. The molecule has 2 amide bonds. The summed E-state index contributed by atoms with van der Waals surface area (Å²) in [5, 5.41) is 5.97. The zero-order chi connectivity index (χ0) is 25.2. The fourth-order valence-electron chi connectivity index (χ4n) is 4.38. The number of nitrogens with zero attached hydrogens (tertiary/aromatic N) is 3. The molecule has 182 valence electrons. The summed E-state index contributed by atoms with van der Waals surface area (Å²) in [6.45, 7) is 2.90. The van der Waals surface area contributed by atoms with E-state index in [0.717, 1.165) is 57.5 Å². The maximum Gasteiger partial charge on any atom is 0.321 e. The van der Waals surface area contributed by atoms with Gasteiger partial charge in [-0.05, 0) is 53.9 Å². The molecule has 0 saturated heterocycles. The number of fused-ring (bicyclic) bond motifs is 1. The molecule has 2 aromatic carbocycles. The zero-order valence-electron chi connectivity index (χ0n) is 20.4. The van der Waals surface area contributed by atoms with Crippen molar-refractivity contribution < 1.29 is 9.59 Å². The van der Waals surface area contributed by atoms with Gasteiger partial charge in [0.25, 0.3) is 0 Å². The number of nitrogens with one attached hydrogen (secondary N) is 3. The number of hydrogen-bond donors (Lipinski definition) is 3. The summed E-state index contributed by atoms with van der Waals surface area (Å²) < 4.78 is 0. The number of aldehydes is 1. The van der Waals surface area contributed by atoms with E-state index in [1.807, 2.05) is 54.7 Å². The van der Waals surface area contributed by atoms with E-state index in [4.69, 9.17) is 0 Å². The molecule has 1 aliphatic heterocycles. The van der Waals surface area contributed by atoms with Crippen molar-refractivity contribution >= 4 is 34.6 Å². The number of anilines is 1. The number of amides is 2. The SMILES string of the molecule is CCN1C=C(c2ccnc3[nH]c(-c4cccc(C=O)c4)cc23)C(c2ccc(NC(=O)N(C)C)cc2)N1. The van der Waals surface area contributed by atoms with Crippen molar-refractivity contribution in [3.8, 4) is 11.3 Å². The second-order valence-electron chi connectivity index (χ2n) is 8.93. The Labute approximate surface area is 209 Å².